The highest BCUT2D eigenvalue weighted by molar-refractivity contribution is 5.76. The molecule has 1 heterocycles. The highest BCUT2D eigenvalue weighted by atomic mass is 16.1. The summed E-state index contributed by atoms with van der Waals surface area (Å²) in [7, 11) is 0. The third-order valence-electron chi connectivity index (χ3n) is 3.94. The zero-order valence-electron chi connectivity index (χ0n) is 13.6. The van der Waals surface area contributed by atoms with Gasteiger partial charge in [-0.2, -0.15) is 0 Å². The molecule has 5 nitrogen and oxygen atoms in total. The molecule has 1 unspecified atom stereocenters. The van der Waals surface area contributed by atoms with E-state index in [2.05, 4.69) is 52.0 Å². The van der Waals surface area contributed by atoms with Crippen LogP contribution in [0.4, 0.5) is 0 Å². The van der Waals surface area contributed by atoms with Crippen LogP contribution in [0, 0.1) is 0 Å². The molecule has 1 amide bonds. The fraction of sp³-hybridized carbons (Fsp3) is 0.211. The molecule has 0 fully saturated rings. The molecule has 122 valence electrons. The third kappa shape index (κ3) is 4.07. The molecule has 0 aliphatic rings. The van der Waals surface area contributed by atoms with Crippen LogP contribution in [0.25, 0.3) is 11.1 Å². The zero-order valence-corrected chi connectivity index (χ0v) is 13.6. The number of aryl methyl sites for hydroxylation is 1. The molecule has 5 heteroatoms. The van der Waals surface area contributed by atoms with Crippen molar-refractivity contribution in [1.82, 2.24) is 20.3 Å². The van der Waals surface area contributed by atoms with E-state index in [4.69, 9.17) is 0 Å². The fourth-order valence-electron chi connectivity index (χ4n) is 2.56. The van der Waals surface area contributed by atoms with Gasteiger partial charge in [-0.25, -0.2) is 0 Å². The minimum absolute atomic E-state index is 0.00476. The third-order valence-corrected chi connectivity index (χ3v) is 3.94. The van der Waals surface area contributed by atoms with E-state index in [-0.39, 0.29) is 11.9 Å². The monoisotopic (exact) mass is 320 g/mol. The molecule has 0 aliphatic heterocycles. The topological polar surface area (TPSA) is 59.8 Å². The Morgan fingerprint density at radius 2 is 1.79 bits per heavy atom. The van der Waals surface area contributed by atoms with Crippen LogP contribution in [0.5, 0.6) is 0 Å². The van der Waals surface area contributed by atoms with Gasteiger partial charge in [-0.15, -0.1) is 5.10 Å². The number of amides is 1. The summed E-state index contributed by atoms with van der Waals surface area (Å²) >= 11 is 0. The van der Waals surface area contributed by atoms with Crippen molar-refractivity contribution in [2.75, 3.05) is 0 Å². The first-order valence-electron chi connectivity index (χ1n) is 8.01. The highest BCUT2D eigenvalue weighted by Gasteiger charge is 2.10. The lowest BCUT2D eigenvalue weighted by atomic mass is 10.0. The van der Waals surface area contributed by atoms with Crippen LogP contribution in [0.3, 0.4) is 0 Å². The van der Waals surface area contributed by atoms with E-state index < -0.39 is 0 Å². The largest absolute Gasteiger partial charge is 0.350 e. The standard InChI is InChI=1S/C19H20N4O/c1-15(21-19(24)11-13-23-14-12-20-22-23)16-7-9-18(10-8-16)17-5-3-2-4-6-17/h2-10,12,14-15H,11,13H2,1H3,(H,21,24). The van der Waals surface area contributed by atoms with Crippen molar-refractivity contribution < 1.29 is 4.79 Å². The molecule has 0 saturated carbocycles. The number of carbonyl (C=O) groups is 1. The second-order valence-electron chi connectivity index (χ2n) is 5.69. The number of nitrogens with one attached hydrogen (secondary N) is 1. The van der Waals surface area contributed by atoms with E-state index in [0.29, 0.717) is 13.0 Å². The van der Waals surface area contributed by atoms with Crippen LogP contribution < -0.4 is 5.32 Å². The van der Waals surface area contributed by atoms with E-state index in [1.165, 1.54) is 11.1 Å². The van der Waals surface area contributed by atoms with E-state index in [1.807, 2.05) is 25.1 Å². The van der Waals surface area contributed by atoms with Gasteiger partial charge in [0.25, 0.3) is 0 Å². The van der Waals surface area contributed by atoms with Crippen molar-refractivity contribution >= 4 is 5.91 Å². The van der Waals surface area contributed by atoms with Crippen molar-refractivity contribution in [1.29, 1.82) is 0 Å². The molecule has 0 radical (unpaired) electrons. The van der Waals surface area contributed by atoms with Gasteiger partial charge in [-0.05, 0) is 23.6 Å². The number of benzene rings is 2. The second kappa shape index (κ2) is 7.55. The Bertz CT molecular complexity index is 767. The number of nitrogens with zero attached hydrogens (tertiary/aromatic N) is 3. The maximum absolute atomic E-state index is 12.0. The average Bonchev–Trinajstić information content (AvgIpc) is 3.14. The first-order valence-corrected chi connectivity index (χ1v) is 8.01. The predicted molar refractivity (Wildman–Crippen MR) is 93.1 cm³/mol. The Morgan fingerprint density at radius 3 is 2.46 bits per heavy atom. The fourth-order valence-corrected chi connectivity index (χ4v) is 2.56. The highest BCUT2D eigenvalue weighted by Crippen LogP contribution is 2.21. The van der Waals surface area contributed by atoms with Crippen molar-refractivity contribution in [3.8, 4) is 11.1 Å². The van der Waals surface area contributed by atoms with Crippen LogP contribution in [0.15, 0.2) is 67.0 Å². The summed E-state index contributed by atoms with van der Waals surface area (Å²) in [6.45, 7) is 2.52. The lowest BCUT2D eigenvalue weighted by molar-refractivity contribution is -0.122. The summed E-state index contributed by atoms with van der Waals surface area (Å²) < 4.78 is 1.65. The maximum Gasteiger partial charge on any atom is 0.222 e. The molecular weight excluding hydrogens is 300 g/mol. The first-order chi connectivity index (χ1) is 11.7. The number of carbonyl (C=O) groups excluding carboxylic acids is 1. The molecule has 3 rings (SSSR count). The van der Waals surface area contributed by atoms with E-state index in [0.717, 1.165) is 5.56 Å². The van der Waals surface area contributed by atoms with E-state index in [9.17, 15) is 4.79 Å². The van der Waals surface area contributed by atoms with Gasteiger partial charge in [0, 0.05) is 12.6 Å². The molecule has 0 spiro atoms. The Labute approximate surface area is 141 Å². The lowest BCUT2D eigenvalue weighted by Gasteiger charge is -2.15. The SMILES string of the molecule is CC(NC(=O)CCn1ccnn1)c1ccc(-c2ccccc2)cc1. The molecular formula is C19H20N4O. The lowest BCUT2D eigenvalue weighted by Crippen LogP contribution is -2.27. The van der Waals surface area contributed by atoms with Crippen LogP contribution >= 0.6 is 0 Å². The quantitative estimate of drug-likeness (QED) is 0.758. The van der Waals surface area contributed by atoms with Gasteiger partial charge in [-0.1, -0.05) is 59.8 Å². The molecule has 24 heavy (non-hydrogen) atoms. The predicted octanol–water partition coefficient (Wildman–Crippen LogP) is 3.21. The summed E-state index contributed by atoms with van der Waals surface area (Å²) in [5.41, 5.74) is 3.45. The Kier molecular flexibility index (Phi) is 5.01. The summed E-state index contributed by atoms with van der Waals surface area (Å²) in [6.07, 6.45) is 3.74. The average molecular weight is 320 g/mol. The Balaban J connectivity index is 1.56. The van der Waals surface area contributed by atoms with Crippen LogP contribution in [0.2, 0.25) is 0 Å². The van der Waals surface area contributed by atoms with Gasteiger partial charge in [-0.3, -0.25) is 9.48 Å². The van der Waals surface area contributed by atoms with Gasteiger partial charge in [0.15, 0.2) is 0 Å². The molecule has 1 aromatic heterocycles. The van der Waals surface area contributed by atoms with Crippen molar-refractivity contribution in [2.45, 2.75) is 25.9 Å². The van der Waals surface area contributed by atoms with Gasteiger partial charge in [0.05, 0.1) is 18.8 Å². The van der Waals surface area contributed by atoms with E-state index >= 15 is 0 Å². The molecule has 1 N–H and O–H groups in total. The molecule has 0 aliphatic carbocycles. The zero-order chi connectivity index (χ0) is 16.8. The van der Waals surface area contributed by atoms with E-state index in [1.54, 1.807) is 17.1 Å². The molecule has 2 aromatic carbocycles. The van der Waals surface area contributed by atoms with Crippen molar-refractivity contribution in [3.63, 3.8) is 0 Å². The van der Waals surface area contributed by atoms with Gasteiger partial charge >= 0.3 is 0 Å². The van der Waals surface area contributed by atoms with Gasteiger partial charge in [0.1, 0.15) is 0 Å². The second-order valence-corrected chi connectivity index (χ2v) is 5.69. The number of hydrogen-bond acceptors (Lipinski definition) is 3. The van der Waals surface area contributed by atoms with Crippen molar-refractivity contribution in [2.24, 2.45) is 0 Å². The maximum atomic E-state index is 12.0. The Morgan fingerprint density at radius 1 is 1.08 bits per heavy atom. The number of aromatic nitrogens is 3. The van der Waals surface area contributed by atoms with Crippen LogP contribution in [-0.4, -0.2) is 20.9 Å². The van der Waals surface area contributed by atoms with Gasteiger partial charge in [0.2, 0.25) is 5.91 Å². The minimum Gasteiger partial charge on any atom is -0.350 e. The normalized spacial score (nSPS) is 11.9. The molecule has 1 atom stereocenters. The molecule has 0 bridgehead atoms. The smallest absolute Gasteiger partial charge is 0.222 e. The van der Waals surface area contributed by atoms with Crippen LogP contribution in [-0.2, 0) is 11.3 Å². The summed E-state index contributed by atoms with van der Waals surface area (Å²) in [6, 6.07) is 18.5. The van der Waals surface area contributed by atoms with Gasteiger partial charge < -0.3 is 5.32 Å². The minimum atomic E-state index is -0.0296. The summed E-state index contributed by atoms with van der Waals surface area (Å²) in [5, 5.41) is 10.6. The summed E-state index contributed by atoms with van der Waals surface area (Å²) in [4.78, 5) is 12.0. The summed E-state index contributed by atoms with van der Waals surface area (Å²) in [5.74, 6) is 0.00476. The number of hydrogen-bond donors (Lipinski definition) is 1. The van der Waals surface area contributed by atoms with Crippen LogP contribution in [0.1, 0.15) is 24.9 Å². The molecule has 3 aromatic rings. The first kappa shape index (κ1) is 15.9. The Hall–Kier alpha value is -2.95. The molecule has 0 saturated heterocycles. The number of rotatable bonds is 6. The van der Waals surface area contributed by atoms with Crippen molar-refractivity contribution in [3.05, 3.63) is 72.6 Å².